The van der Waals surface area contributed by atoms with Crippen molar-refractivity contribution in [2.24, 2.45) is 0 Å². The zero-order valence-electron chi connectivity index (χ0n) is 10.9. The van der Waals surface area contributed by atoms with Gasteiger partial charge >= 0.3 is 5.97 Å². The lowest BCUT2D eigenvalue weighted by Crippen LogP contribution is -2.05. The fourth-order valence-corrected chi connectivity index (χ4v) is 1.85. The highest BCUT2D eigenvalue weighted by Crippen LogP contribution is 2.15. The zero-order valence-corrected chi connectivity index (χ0v) is 10.9. The Bertz CT molecular complexity index is 750. The number of ether oxygens (including phenoxy) is 1. The van der Waals surface area contributed by atoms with Crippen LogP contribution < -0.4 is 0 Å². The van der Waals surface area contributed by atoms with Crippen LogP contribution in [0.5, 0.6) is 0 Å². The summed E-state index contributed by atoms with van der Waals surface area (Å²) in [6, 6.07) is 11.1. The normalized spacial score (nSPS) is 10.7. The number of aryl methyl sites for hydroxylation is 1. The van der Waals surface area contributed by atoms with E-state index in [0.29, 0.717) is 22.7 Å². The lowest BCUT2D eigenvalue weighted by Gasteiger charge is -2.04. The van der Waals surface area contributed by atoms with E-state index in [0.717, 1.165) is 5.56 Å². The molecule has 0 unspecified atom stereocenters. The summed E-state index contributed by atoms with van der Waals surface area (Å²) in [6.45, 7) is 1.96. The highest BCUT2D eigenvalue weighted by atomic mass is 16.5. The summed E-state index contributed by atoms with van der Waals surface area (Å²) < 4.78 is 10.6. The van der Waals surface area contributed by atoms with Crippen LogP contribution in [0.3, 0.4) is 0 Å². The molecular weight excluding hydrogens is 256 g/mol. The fraction of sp³-hybridized carbons (Fsp3) is 0.133. The van der Waals surface area contributed by atoms with Gasteiger partial charge in [-0.05, 0) is 5.56 Å². The Hall–Kier alpha value is -2.69. The summed E-state index contributed by atoms with van der Waals surface area (Å²) in [4.78, 5) is 20.1. The number of aromatic nitrogens is 2. The molecule has 2 aromatic heterocycles. The van der Waals surface area contributed by atoms with Crippen LogP contribution in [-0.4, -0.2) is 15.9 Å². The Morgan fingerprint density at radius 3 is 2.90 bits per heavy atom. The van der Waals surface area contributed by atoms with Gasteiger partial charge in [-0.1, -0.05) is 30.3 Å². The third kappa shape index (κ3) is 2.51. The third-order valence-corrected chi connectivity index (χ3v) is 2.80. The van der Waals surface area contributed by atoms with E-state index < -0.39 is 5.97 Å². The molecule has 2 heterocycles. The van der Waals surface area contributed by atoms with Crippen molar-refractivity contribution >= 4 is 17.2 Å². The zero-order chi connectivity index (χ0) is 13.9. The molecule has 3 rings (SSSR count). The SMILES string of the molecule is Cc1nc2ncc(C(=O)OCc3ccccc3)cc2o1. The van der Waals surface area contributed by atoms with E-state index in [-0.39, 0.29) is 6.61 Å². The first-order valence-electron chi connectivity index (χ1n) is 6.16. The van der Waals surface area contributed by atoms with E-state index >= 15 is 0 Å². The number of fused-ring (bicyclic) bond motifs is 1. The largest absolute Gasteiger partial charge is 0.457 e. The molecule has 0 aliphatic heterocycles. The van der Waals surface area contributed by atoms with Crippen LogP contribution in [0, 0.1) is 6.92 Å². The van der Waals surface area contributed by atoms with Crippen LogP contribution in [0.2, 0.25) is 0 Å². The number of hydrogen-bond donors (Lipinski definition) is 0. The lowest BCUT2D eigenvalue weighted by molar-refractivity contribution is 0.0472. The van der Waals surface area contributed by atoms with Crippen LogP contribution in [-0.2, 0) is 11.3 Å². The first-order chi connectivity index (χ1) is 9.72. The maximum atomic E-state index is 11.9. The van der Waals surface area contributed by atoms with Crippen molar-refractivity contribution in [2.75, 3.05) is 0 Å². The molecule has 5 heteroatoms. The van der Waals surface area contributed by atoms with E-state index in [1.165, 1.54) is 6.20 Å². The summed E-state index contributed by atoms with van der Waals surface area (Å²) >= 11 is 0. The van der Waals surface area contributed by atoms with Crippen molar-refractivity contribution in [3.8, 4) is 0 Å². The van der Waals surface area contributed by atoms with Gasteiger partial charge < -0.3 is 9.15 Å². The average Bonchev–Trinajstić information content (AvgIpc) is 2.85. The van der Waals surface area contributed by atoms with Crippen molar-refractivity contribution in [1.29, 1.82) is 0 Å². The van der Waals surface area contributed by atoms with E-state index in [1.807, 2.05) is 30.3 Å². The monoisotopic (exact) mass is 268 g/mol. The highest BCUT2D eigenvalue weighted by molar-refractivity contribution is 5.91. The molecule has 20 heavy (non-hydrogen) atoms. The van der Waals surface area contributed by atoms with Crippen LogP contribution in [0.4, 0.5) is 0 Å². The maximum absolute atomic E-state index is 11.9. The van der Waals surface area contributed by atoms with Crippen molar-refractivity contribution in [3.63, 3.8) is 0 Å². The topological polar surface area (TPSA) is 65.2 Å². The quantitative estimate of drug-likeness (QED) is 0.683. The Balaban J connectivity index is 1.75. The van der Waals surface area contributed by atoms with Gasteiger partial charge in [-0.25, -0.2) is 9.78 Å². The number of hydrogen-bond acceptors (Lipinski definition) is 5. The fourth-order valence-electron chi connectivity index (χ4n) is 1.85. The van der Waals surface area contributed by atoms with Gasteiger partial charge in [0.25, 0.3) is 0 Å². The molecule has 100 valence electrons. The van der Waals surface area contributed by atoms with Crippen molar-refractivity contribution < 1.29 is 13.9 Å². The minimum absolute atomic E-state index is 0.229. The van der Waals surface area contributed by atoms with Gasteiger partial charge in [0.15, 0.2) is 17.1 Å². The molecule has 0 aliphatic carbocycles. The summed E-state index contributed by atoms with van der Waals surface area (Å²) in [5.74, 6) is 0.0830. The van der Waals surface area contributed by atoms with Gasteiger partial charge in [0.1, 0.15) is 6.61 Å². The van der Waals surface area contributed by atoms with Gasteiger partial charge in [0, 0.05) is 19.2 Å². The maximum Gasteiger partial charge on any atom is 0.340 e. The number of rotatable bonds is 3. The molecule has 1 aromatic carbocycles. The lowest BCUT2D eigenvalue weighted by atomic mass is 10.2. The molecule has 0 fully saturated rings. The molecular formula is C15H12N2O3. The third-order valence-electron chi connectivity index (χ3n) is 2.80. The minimum atomic E-state index is -0.433. The Morgan fingerprint density at radius 1 is 1.30 bits per heavy atom. The molecule has 0 amide bonds. The average molecular weight is 268 g/mol. The standard InChI is InChI=1S/C15H12N2O3/c1-10-17-14-13(20-10)7-12(8-16-14)15(18)19-9-11-5-3-2-4-6-11/h2-8H,9H2,1H3. The smallest absolute Gasteiger partial charge is 0.340 e. The number of oxazole rings is 1. The molecule has 0 saturated heterocycles. The first kappa shape index (κ1) is 12.3. The van der Waals surface area contributed by atoms with Crippen LogP contribution in [0.25, 0.3) is 11.2 Å². The molecule has 0 radical (unpaired) electrons. The van der Waals surface area contributed by atoms with Gasteiger partial charge in [0.2, 0.25) is 0 Å². The second kappa shape index (κ2) is 5.13. The van der Waals surface area contributed by atoms with E-state index in [2.05, 4.69) is 9.97 Å². The van der Waals surface area contributed by atoms with Crippen LogP contribution >= 0.6 is 0 Å². The molecule has 0 N–H and O–H groups in total. The number of nitrogens with zero attached hydrogens (tertiary/aromatic N) is 2. The van der Waals surface area contributed by atoms with E-state index in [1.54, 1.807) is 13.0 Å². The van der Waals surface area contributed by atoms with Gasteiger partial charge in [-0.15, -0.1) is 0 Å². The Morgan fingerprint density at radius 2 is 2.10 bits per heavy atom. The summed E-state index contributed by atoms with van der Waals surface area (Å²) in [7, 11) is 0. The predicted octanol–water partition coefficient (Wildman–Crippen LogP) is 2.89. The van der Waals surface area contributed by atoms with Gasteiger partial charge in [-0.2, -0.15) is 4.98 Å². The first-order valence-corrected chi connectivity index (χ1v) is 6.16. The number of esters is 1. The number of pyridine rings is 1. The molecule has 0 spiro atoms. The van der Waals surface area contributed by atoms with Crippen molar-refractivity contribution in [2.45, 2.75) is 13.5 Å². The molecule has 3 aromatic rings. The molecule has 0 aliphatic rings. The van der Waals surface area contributed by atoms with E-state index in [9.17, 15) is 4.79 Å². The molecule has 0 bridgehead atoms. The van der Waals surface area contributed by atoms with Crippen LogP contribution in [0.1, 0.15) is 21.8 Å². The van der Waals surface area contributed by atoms with Crippen molar-refractivity contribution in [1.82, 2.24) is 9.97 Å². The van der Waals surface area contributed by atoms with Crippen molar-refractivity contribution in [3.05, 3.63) is 59.6 Å². The van der Waals surface area contributed by atoms with Gasteiger partial charge in [-0.3, -0.25) is 0 Å². The van der Waals surface area contributed by atoms with E-state index in [4.69, 9.17) is 9.15 Å². The Kier molecular flexibility index (Phi) is 3.16. The van der Waals surface area contributed by atoms with Gasteiger partial charge in [0.05, 0.1) is 5.56 Å². The summed E-state index contributed by atoms with van der Waals surface area (Å²) in [5.41, 5.74) is 2.26. The summed E-state index contributed by atoms with van der Waals surface area (Å²) in [5, 5.41) is 0. The molecule has 5 nitrogen and oxygen atoms in total. The van der Waals surface area contributed by atoms with Crippen LogP contribution in [0.15, 0.2) is 47.0 Å². The Labute approximate surface area is 115 Å². The minimum Gasteiger partial charge on any atom is -0.457 e. The molecule has 0 atom stereocenters. The predicted molar refractivity (Wildman–Crippen MR) is 72.1 cm³/mol. The number of carbonyl (C=O) groups excluding carboxylic acids is 1. The highest BCUT2D eigenvalue weighted by Gasteiger charge is 2.11. The molecule has 0 saturated carbocycles. The second-order valence-electron chi connectivity index (χ2n) is 4.34. The number of carbonyl (C=O) groups is 1. The summed E-state index contributed by atoms with van der Waals surface area (Å²) in [6.07, 6.45) is 1.44. The number of benzene rings is 1. The second-order valence-corrected chi connectivity index (χ2v) is 4.34.